The van der Waals surface area contributed by atoms with Crippen LogP contribution in [0.3, 0.4) is 0 Å². The van der Waals surface area contributed by atoms with E-state index in [0.29, 0.717) is 0 Å². The van der Waals surface area contributed by atoms with E-state index in [2.05, 4.69) is 27.4 Å². The van der Waals surface area contributed by atoms with Crippen molar-refractivity contribution >= 4 is 7.92 Å². The third-order valence-corrected chi connectivity index (χ3v) is 7.34. The largest absolute Gasteiger partial charge is 0.380 e. The van der Waals surface area contributed by atoms with E-state index in [1.54, 1.807) is 0 Å². The normalized spacial score (nSPS) is 14.0. The maximum atomic E-state index is 11.5. The van der Waals surface area contributed by atoms with Crippen molar-refractivity contribution in [1.82, 2.24) is 0 Å². The second kappa shape index (κ2) is 6.30. The van der Waals surface area contributed by atoms with Gasteiger partial charge in [0.15, 0.2) is 0 Å². The van der Waals surface area contributed by atoms with Gasteiger partial charge in [-0.15, -0.1) is 7.92 Å². The molecule has 0 amide bonds. The van der Waals surface area contributed by atoms with E-state index >= 15 is 0 Å². The summed E-state index contributed by atoms with van der Waals surface area (Å²) in [6.45, 7) is 9.06. The maximum absolute atomic E-state index is 11.5. The van der Waals surface area contributed by atoms with Gasteiger partial charge >= 0.3 is 0 Å². The van der Waals surface area contributed by atoms with Gasteiger partial charge in [-0.3, -0.25) is 0 Å². The molecule has 0 aliphatic rings. The molecule has 1 nitrogen and oxygen atoms in total. The number of hydrogen-bond donors (Lipinski definition) is 1. The summed E-state index contributed by atoms with van der Waals surface area (Å²) >= 11 is 0. The van der Waals surface area contributed by atoms with Crippen LogP contribution in [0.1, 0.15) is 31.9 Å². The zero-order valence-corrected chi connectivity index (χ0v) is 14.3. The summed E-state index contributed by atoms with van der Waals surface area (Å²) in [5, 5.41) is 11.7. The summed E-state index contributed by atoms with van der Waals surface area (Å²) < 4.78 is 0. The molecular weight excluding hydrogens is 275 g/mol. The SMILES string of the molecule is CP(CC(O)(c1ccccc1)c1ccccc1)C(C)(C)C. The van der Waals surface area contributed by atoms with E-state index < -0.39 is 5.60 Å². The molecule has 112 valence electrons. The molecular formula is C19H25OP. The summed E-state index contributed by atoms with van der Waals surface area (Å²) in [6.07, 6.45) is 0.778. The molecule has 0 saturated heterocycles. The Kier molecular flexibility index (Phi) is 4.86. The molecule has 21 heavy (non-hydrogen) atoms. The van der Waals surface area contributed by atoms with E-state index in [1.807, 2.05) is 60.7 Å². The average molecular weight is 300 g/mol. The van der Waals surface area contributed by atoms with Crippen molar-refractivity contribution in [3.8, 4) is 0 Å². The fraction of sp³-hybridized carbons (Fsp3) is 0.368. The van der Waals surface area contributed by atoms with Crippen molar-refractivity contribution < 1.29 is 5.11 Å². The Morgan fingerprint density at radius 3 is 1.52 bits per heavy atom. The lowest BCUT2D eigenvalue weighted by molar-refractivity contribution is 0.106. The standard InChI is InChI=1S/C19H25OP/c1-18(2,3)21(4)15-19(20,16-11-7-5-8-12-16)17-13-9-6-10-14-17/h5-14,20H,15H2,1-4H3. The molecule has 0 aliphatic heterocycles. The molecule has 0 heterocycles. The molecule has 0 fully saturated rings. The molecule has 2 rings (SSSR count). The van der Waals surface area contributed by atoms with E-state index in [-0.39, 0.29) is 13.1 Å². The lowest BCUT2D eigenvalue weighted by Crippen LogP contribution is -2.33. The van der Waals surface area contributed by atoms with Crippen molar-refractivity contribution in [2.24, 2.45) is 0 Å². The second-order valence-corrected chi connectivity index (χ2v) is 9.67. The lowest BCUT2D eigenvalue weighted by Gasteiger charge is -2.37. The molecule has 0 aromatic heterocycles. The zero-order chi connectivity index (χ0) is 15.5. The van der Waals surface area contributed by atoms with Crippen molar-refractivity contribution in [2.45, 2.75) is 31.5 Å². The van der Waals surface area contributed by atoms with E-state index in [4.69, 9.17) is 0 Å². The third-order valence-electron chi connectivity index (χ3n) is 4.11. The van der Waals surface area contributed by atoms with Crippen LogP contribution < -0.4 is 0 Å². The van der Waals surface area contributed by atoms with Crippen LogP contribution in [0.5, 0.6) is 0 Å². The van der Waals surface area contributed by atoms with Crippen LogP contribution in [-0.4, -0.2) is 23.1 Å². The van der Waals surface area contributed by atoms with Crippen LogP contribution in [-0.2, 0) is 5.60 Å². The van der Waals surface area contributed by atoms with Crippen molar-refractivity contribution in [3.05, 3.63) is 71.8 Å². The number of aliphatic hydroxyl groups is 1. The highest BCUT2D eigenvalue weighted by molar-refractivity contribution is 7.58. The Hall–Kier alpha value is -1.17. The van der Waals surface area contributed by atoms with Crippen LogP contribution >= 0.6 is 7.92 Å². The zero-order valence-electron chi connectivity index (χ0n) is 13.4. The van der Waals surface area contributed by atoms with Crippen LogP contribution in [0.25, 0.3) is 0 Å². The molecule has 2 heteroatoms. The minimum absolute atomic E-state index is 0.229. The number of rotatable bonds is 4. The van der Waals surface area contributed by atoms with Gasteiger partial charge in [-0.25, -0.2) is 0 Å². The van der Waals surface area contributed by atoms with Gasteiger partial charge in [-0.05, 0) is 22.9 Å². The Labute approximate surface area is 129 Å². The van der Waals surface area contributed by atoms with Crippen LogP contribution in [0.4, 0.5) is 0 Å². The van der Waals surface area contributed by atoms with Gasteiger partial charge in [0.2, 0.25) is 0 Å². The average Bonchev–Trinajstić information content (AvgIpc) is 2.48. The molecule has 0 aliphatic carbocycles. The topological polar surface area (TPSA) is 20.2 Å². The molecule has 1 N–H and O–H groups in total. The fourth-order valence-corrected chi connectivity index (χ4v) is 3.88. The third kappa shape index (κ3) is 3.73. The predicted octanol–water partition coefficient (Wildman–Crippen LogP) is 4.83. The quantitative estimate of drug-likeness (QED) is 0.802. The summed E-state index contributed by atoms with van der Waals surface area (Å²) in [5.74, 6) is 0. The second-order valence-electron chi connectivity index (χ2n) is 6.62. The maximum Gasteiger partial charge on any atom is 0.118 e. The minimum Gasteiger partial charge on any atom is -0.380 e. The number of benzene rings is 2. The Morgan fingerprint density at radius 2 is 1.19 bits per heavy atom. The first-order valence-corrected chi connectivity index (χ1v) is 9.36. The molecule has 0 bridgehead atoms. The summed E-state index contributed by atoms with van der Waals surface area (Å²) in [6, 6.07) is 20.1. The molecule has 0 saturated carbocycles. The summed E-state index contributed by atoms with van der Waals surface area (Å²) in [4.78, 5) is 0. The van der Waals surface area contributed by atoms with Gasteiger partial charge in [0, 0.05) is 6.16 Å². The molecule has 2 aromatic carbocycles. The van der Waals surface area contributed by atoms with Gasteiger partial charge < -0.3 is 5.11 Å². The molecule has 1 unspecified atom stereocenters. The van der Waals surface area contributed by atoms with E-state index in [0.717, 1.165) is 17.3 Å². The highest BCUT2D eigenvalue weighted by atomic mass is 31.1. The van der Waals surface area contributed by atoms with Crippen LogP contribution in [0, 0.1) is 0 Å². The Balaban J connectivity index is 2.45. The van der Waals surface area contributed by atoms with Gasteiger partial charge in [0.05, 0.1) is 0 Å². The van der Waals surface area contributed by atoms with Crippen molar-refractivity contribution in [1.29, 1.82) is 0 Å². The minimum atomic E-state index is -0.906. The fourth-order valence-electron chi connectivity index (χ4n) is 2.36. The Morgan fingerprint density at radius 1 is 0.810 bits per heavy atom. The first kappa shape index (κ1) is 16.2. The molecule has 2 aromatic rings. The summed E-state index contributed by atoms with van der Waals surface area (Å²) in [5.41, 5.74) is 1.06. The van der Waals surface area contributed by atoms with Gasteiger partial charge in [0.1, 0.15) is 5.60 Å². The van der Waals surface area contributed by atoms with Crippen molar-refractivity contribution in [2.75, 3.05) is 12.8 Å². The number of hydrogen-bond acceptors (Lipinski definition) is 1. The highest BCUT2D eigenvalue weighted by Crippen LogP contribution is 2.51. The van der Waals surface area contributed by atoms with E-state index in [9.17, 15) is 5.11 Å². The first-order chi connectivity index (χ1) is 9.84. The summed E-state index contributed by atoms with van der Waals surface area (Å²) in [7, 11) is -0.307. The molecule has 0 spiro atoms. The van der Waals surface area contributed by atoms with Crippen LogP contribution in [0.15, 0.2) is 60.7 Å². The van der Waals surface area contributed by atoms with Crippen LogP contribution in [0.2, 0.25) is 0 Å². The first-order valence-electron chi connectivity index (χ1n) is 7.39. The van der Waals surface area contributed by atoms with Gasteiger partial charge in [-0.2, -0.15) is 0 Å². The monoisotopic (exact) mass is 300 g/mol. The van der Waals surface area contributed by atoms with Crippen molar-refractivity contribution in [3.63, 3.8) is 0 Å². The molecule has 0 radical (unpaired) electrons. The lowest BCUT2D eigenvalue weighted by atomic mass is 9.88. The Bertz CT molecular complexity index is 518. The smallest absolute Gasteiger partial charge is 0.118 e. The van der Waals surface area contributed by atoms with E-state index in [1.165, 1.54) is 0 Å². The highest BCUT2D eigenvalue weighted by Gasteiger charge is 2.36. The van der Waals surface area contributed by atoms with Gasteiger partial charge in [-0.1, -0.05) is 81.4 Å². The molecule has 1 atom stereocenters. The predicted molar refractivity (Wildman–Crippen MR) is 93.3 cm³/mol. The van der Waals surface area contributed by atoms with Gasteiger partial charge in [0.25, 0.3) is 0 Å².